The van der Waals surface area contributed by atoms with Crippen LogP contribution in [-0.2, 0) is 11.2 Å². The lowest BCUT2D eigenvalue weighted by Gasteiger charge is -2.10. The zero-order chi connectivity index (χ0) is 15.0. The third kappa shape index (κ3) is 3.06. The molecular formula is C16H13ClFNOS. The van der Waals surface area contributed by atoms with Crippen molar-refractivity contribution in [3.8, 4) is 0 Å². The highest BCUT2D eigenvalue weighted by molar-refractivity contribution is 8.01. The van der Waals surface area contributed by atoms with Gasteiger partial charge in [-0.2, -0.15) is 0 Å². The van der Waals surface area contributed by atoms with Crippen molar-refractivity contribution >= 4 is 35.0 Å². The molecule has 1 aliphatic heterocycles. The monoisotopic (exact) mass is 321 g/mol. The van der Waals surface area contributed by atoms with Crippen molar-refractivity contribution in [1.82, 2.24) is 0 Å². The lowest BCUT2D eigenvalue weighted by molar-refractivity contribution is -0.115. The fourth-order valence-electron chi connectivity index (χ4n) is 2.28. The van der Waals surface area contributed by atoms with Crippen LogP contribution in [-0.4, -0.2) is 11.2 Å². The van der Waals surface area contributed by atoms with Gasteiger partial charge >= 0.3 is 0 Å². The van der Waals surface area contributed by atoms with E-state index in [0.717, 1.165) is 4.90 Å². The lowest BCUT2D eigenvalue weighted by atomic mass is 10.1. The van der Waals surface area contributed by atoms with Crippen LogP contribution in [0.4, 0.5) is 10.1 Å². The van der Waals surface area contributed by atoms with E-state index in [1.165, 1.54) is 29.3 Å². The number of thioether (sulfide) groups is 1. The molecule has 0 saturated carbocycles. The summed E-state index contributed by atoms with van der Waals surface area (Å²) in [6.45, 7) is 2.04. The van der Waals surface area contributed by atoms with E-state index >= 15 is 0 Å². The van der Waals surface area contributed by atoms with Crippen molar-refractivity contribution in [2.24, 2.45) is 0 Å². The molecule has 108 valence electrons. The second-order valence-electron chi connectivity index (χ2n) is 5.04. The van der Waals surface area contributed by atoms with Gasteiger partial charge in [0.25, 0.3) is 0 Å². The summed E-state index contributed by atoms with van der Waals surface area (Å²) in [6.07, 6.45) is 0.709. The summed E-state index contributed by atoms with van der Waals surface area (Å²) in [6, 6.07) is 10.4. The molecule has 2 aromatic rings. The van der Waals surface area contributed by atoms with Crippen LogP contribution in [0.25, 0.3) is 0 Å². The van der Waals surface area contributed by atoms with Gasteiger partial charge in [-0.25, -0.2) is 4.39 Å². The largest absolute Gasteiger partial charge is 0.325 e. The summed E-state index contributed by atoms with van der Waals surface area (Å²) >= 11 is 7.28. The number of aryl methyl sites for hydroxylation is 1. The maximum atomic E-state index is 13.1. The third-order valence-electron chi connectivity index (χ3n) is 3.38. The van der Waals surface area contributed by atoms with Crippen molar-refractivity contribution in [3.63, 3.8) is 0 Å². The first kappa shape index (κ1) is 14.4. The van der Waals surface area contributed by atoms with Gasteiger partial charge < -0.3 is 5.32 Å². The lowest BCUT2D eigenvalue weighted by Crippen LogP contribution is -2.24. The van der Waals surface area contributed by atoms with Crippen molar-refractivity contribution in [2.45, 2.75) is 23.5 Å². The van der Waals surface area contributed by atoms with Crippen LogP contribution in [0.2, 0.25) is 5.02 Å². The highest BCUT2D eigenvalue weighted by Crippen LogP contribution is 2.38. The van der Waals surface area contributed by atoms with Crippen molar-refractivity contribution < 1.29 is 9.18 Å². The smallest absolute Gasteiger partial charge is 0.238 e. The topological polar surface area (TPSA) is 29.1 Å². The van der Waals surface area contributed by atoms with Gasteiger partial charge in [0.05, 0.1) is 10.3 Å². The number of amides is 1. The molecule has 1 atom stereocenters. The first-order valence-electron chi connectivity index (χ1n) is 6.55. The average Bonchev–Trinajstić information content (AvgIpc) is 2.86. The molecule has 5 heteroatoms. The van der Waals surface area contributed by atoms with Crippen LogP contribution in [0, 0.1) is 12.7 Å². The van der Waals surface area contributed by atoms with Gasteiger partial charge in [0.1, 0.15) is 5.82 Å². The Labute approximate surface area is 131 Å². The number of hydrogen-bond acceptors (Lipinski definition) is 2. The molecule has 0 bridgehead atoms. The molecule has 1 N–H and O–H groups in total. The number of rotatable bonds is 2. The first-order chi connectivity index (χ1) is 10.0. The molecule has 0 radical (unpaired) electrons. The van der Waals surface area contributed by atoms with E-state index in [2.05, 4.69) is 23.5 Å². The molecule has 1 aliphatic rings. The van der Waals surface area contributed by atoms with Gasteiger partial charge in [-0.1, -0.05) is 29.3 Å². The maximum Gasteiger partial charge on any atom is 0.238 e. The predicted molar refractivity (Wildman–Crippen MR) is 84.6 cm³/mol. The number of halogens is 2. The van der Waals surface area contributed by atoms with Gasteiger partial charge in [0.2, 0.25) is 5.91 Å². The molecular weight excluding hydrogens is 309 g/mol. The van der Waals surface area contributed by atoms with Gasteiger partial charge in [-0.15, -0.1) is 11.8 Å². The fraction of sp³-hybridized carbons (Fsp3) is 0.188. The average molecular weight is 322 g/mol. The summed E-state index contributed by atoms with van der Waals surface area (Å²) in [4.78, 5) is 13.5. The number of nitrogens with one attached hydrogen (secondary N) is 1. The predicted octanol–water partition coefficient (Wildman–Crippen LogP) is 4.44. The summed E-state index contributed by atoms with van der Waals surface area (Å²) in [7, 11) is 0. The molecule has 0 saturated heterocycles. The number of anilines is 1. The number of carbonyl (C=O) groups is 1. The Bertz CT molecular complexity index is 719. The number of fused-ring (bicyclic) bond motifs is 1. The van der Waals surface area contributed by atoms with E-state index in [4.69, 9.17) is 11.6 Å². The molecule has 0 unspecified atom stereocenters. The van der Waals surface area contributed by atoms with Crippen molar-refractivity contribution in [1.29, 1.82) is 0 Å². The number of carbonyl (C=O) groups excluding carboxylic acids is 1. The van der Waals surface area contributed by atoms with Crippen LogP contribution >= 0.6 is 23.4 Å². The number of hydrogen-bond donors (Lipinski definition) is 1. The quantitative estimate of drug-likeness (QED) is 0.885. The molecule has 0 aliphatic carbocycles. The zero-order valence-corrected chi connectivity index (χ0v) is 12.9. The SMILES string of the molecule is Cc1ccc2c(c1)S[C@@H](C(=O)Nc1ccc(F)c(Cl)c1)C2. The molecule has 2 nitrogen and oxygen atoms in total. The van der Waals surface area contributed by atoms with Crippen LogP contribution < -0.4 is 5.32 Å². The molecule has 0 aromatic heterocycles. The Kier molecular flexibility index (Phi) is 3.91. The fourth-order valence-corrected chi connectivity index (χ4v) is 3.75. The first-order valence-corrected chi connectivity index (χ1v) is 7.81. The Hall–Kier alpha value is -1.52. The van der Waals surface area contributed by atoms with Gasteiger partial charge in [0.15, 0.2) is 0 Å². The molecule has 0 spiro atoms. The molecule has 3 rings (SSSR count). The Morgan fingerprint density at radius 2 is 2.14 bits per heavy atom. The Morgan fingerprint density at radius 1 is 1.33 bits per heavy atom. The van der Waals surface area contributed by atoms with Crippen LogP contribution in [0.1, 0.15) is 11.1 Å². The molecule has 2 aromatic carbocycles. The maximum absolute atomic E-state index is 13.1. The molecule has 1 amide bonds. The zero-order valence-electron chi connectivity index (χ0n) is 11.3. The van der Waals surface area contributed by atoms with Crippen LogP contribution in [0.15, 0.2) is 41.3 Å². The normalized spacial score (nSPS) is 16.6. The molecule has 21 heavy (non-hydrogen) atoms. The van der Waals surface area contributed by atoms with Crippen LogP contribution in [0.3, 0.4) is 0 Å². The Balaban J connectivity index is 1.71. The number of benzene rings is 2. The minimum atomic E-state index is -0.493. The van der Waals surface area contributed by atoms with E-state index < -0.39 is 5.82 Å². The van der Waals surface area contributed by atoms with E-state index in [-0.39, 0.29) is 16.2 Å². The van der Waals surface area contributed by atoms with E-state index in [1.807, 2.05) is 6.92 Å². The van der Waals surface area contributed by atoms with Gasteiger partial charge in [-0.3, -0.25) is 4.79 Å². The summed E-state index contributed by atoms with van der Waals surface area (Å²) in [5.41, 5.74) is 2.90. The second-order valence-corrected chi connectivity index (χ2v) is 6.69. The highest BCUT2D eigenvalue weighted by atomic mass is 35.5. The summed E-state index contributed by atoms with van der Waals surface area (Å²) < 4.78 is 13.1. The Morgan fingerprint density at radius 3 is 2.90 bits per heavy atom. The van der Waals surface area contributed by atoms with Crippen LogP contribution in [0.5, 0.6) is 0 Å². The van der Waals surface area contributed by atoms with E-state index in [9.17, 15) is 9.18 Å². The third-order valence-corrected chi connectivity index (χ3v) is 4.97. The summed E-state index contributed by atoms with van der Waals surface area (Å²) in [5, 5.41) is 2.63. The molecule has 1 heterocycles. The van der Waals surface area contributed by atoms with E-state index in [1.54, 1.807) is 11.8 Å². The minimum Gasteiger partial charge on any atom is -0.325 e. The second kappa shape index (κ2) is 5.70. The van der Waals surface area contributed by atoms with E-state index in [0.29, 0.717) is 12.1 Å². The highest BCUT2D eigenvalue weighted by Gasteiger charge is 2.28. The van der Waals surface area contributed by atoms with Crippen molar-refractivity contribution in [3.05, 3.63) is 58.4 Å². The standard InChI is InChI=1S/C16H13ClFNOS/c1-9-2-3-10-7-15(21-14(10)6-9)16(20)19-11-4-5-13(18)12(17)8-11/h2-6,8,15H,7H2,1H3,(H,19,20)/t15-/m1/s1. The van der Waals surface area contributed by atoms with Gasteiger partial charge in [0, 0.05) is 10.6 Å². The minimum absolute atomic E-state index is 0.00536. The summed E-state index contributed by atoms with van der Waals surface area (Å²) in [5.74, 6) is -0.579. The molecule has 0 fully saturated rings. The van der Waals surface area contributed by atoms with Crippen molar-refractivity contribution in [2.75, 3.05) is 5.32 Å². The van der Waals surface area contributed by atoms with Gasteiger partial charge in [-0.05, 0) is 43.2 Å².